The molecular weight excluding hydrogens is 292 g/mol. The maximum absolute atomic E-state index is 11.4. The number of anilines is 1. The van der Waals surface area contributed by atoms with Gasteiger partial charge in [-0.1, -0.05) is 17.2 Å². The average molecular weight is 310 g/mol. The molecule has 0 amide bonds. The molecule has 8 heteroatoms. The van der Waals surface area contributed by atoms with Crippen LogP contribution in [0.5, 0.6) is 0 Å². The van der Waals surface area contributed by atoms with Gasteiger partial charge in [-0.25, -0.2) is 8.42 Å². The quantitative estimate of drug-likeness (QED) is 0.831. The van der Waals surface area contributed by atoms with Crippen molar-refractivity contribution in [2.75, 3.05) is 18.6 Å². The van der Waals surface area contributed by atoms with E-state index in [1.54, 1.807) is 24.3 Å². The summed E-state index contributed by atoms with van der Waals surface area (Å²) in [6.45, 7) is 2.39. The van der Waals surface area contributed by atoms with Crippen molar-refractivity contribution in [2.45, 2.75) is 24.4 Å². The molecule has 1 unspecified atom stereocenters. The van der Waals surface area contributed by atoms with Crippen LogP contribution in [0.3, 0.4) is 0 Å². The van der Waals surface area contributed by atoms with E-state index < -0.39 is 9.84 Å². The Morgan fingerprint density at radius 3 is 2.48 bits per heavy atom. The number of nitrogens with one attached hydrogen (secondary N) is 2. The highest BCUT2D eigenvalue weighted by Gasteiger charge is 2.11. The van der Waals surface area contributed by atoms with E-state index in [2.05, 4.69) is 20.8 Å². The van der Waals surface area contributed by atoms with E-state index in [9.17, 15) is 8.42 Å². The number of aromatic nitrogens is 2. The van der Waals surface area contributed by atoms with Gasteiger partial charge in [0.15, 0.2) is 9.84 Å². The van der Waals surface area contributed by atoms with Gasteiger partial charge in [-0.2, -0.15) is 0 Å². The molecule has 0 bridgehead atoms. The Morgan fingerprint density at radius 2 is 1.90 bits per heavy atom. The monoisotopic (exact) mass is 310 g/mol. The molecule has 0 spiro atoms. The van der Waals surface area contributed by atoms with Crippen LogP contribution in [-0.2, 0) is 16.4 Å². The molecule has 2 N–H and O–H groups in total. The zero-order chi connectivity index (χ0) is 15.5. The Kier molecular flexibility index (Phi) is 4.59. The Bertz CT molecular complexity index is 694. The van der Waals surface area contributed by atoms with Crippen LogP contribution < -0.4 is 10.6 Å². The third kappa shape index (κ3) is 4.02. The van der Waals surface area contributed by atoms with E-state index >= 15 is 0 Å². The van der Waals surface area contributed by atoms with Crippen LogP contribution in [0, 0.1) is 0 Å². The summed E-state index contributed by atoms with van der Waals surface area (Å²) in [6.07, 6.45) is 1.18. The summed E-state index contributed by atoms with van der Waals surface area (Å²) in [7, 11) is -1.35. The van der Waals surface area contributed by atoms with Crippen molar-refractivity contribution in [1.29, 1.82) is 0 Å². The highest BCUT2D eigenvalue weighted by atomic mass is 32.2. The van der Waals surface area contributed by atoms with Gasteiger partial charge in [-0.3, -0.25) is 0 Å². The first kappa shape index (κ1) is 15.5. The van der Waals surface area contributed by atoms with Crippen molar-refractivity contribution in [2.24, 2.45) is 0 Å². The first-order valence-electron chi connectivity index (χ1n) is 6.43. The lowest BCUT2D eigenvalue weighted by molar-refractivity contribution is 0.441. The van der Waals surface area contributed by atoms with Gasteiger partial charge >= 0.3 is 6.01 Å². The molecule has 0 fully saturated rings. The second kappa shape index (κ2) is 6.23. The summed E-state index contributed by atoms with van der Waals surface area (Å²) < 4.78 is 28.2. The van der Waals surface area contributed by atoms with E-state index in [0.717, 1.165) is 5.56 Å². The van der Waals surface area contributed by atoms with Crippen LogP contribution in [0.25, 0.3) is 0 Å². The Balaban J connectivity index is 1.98. The van der Waals surface area contributed by atoms with Crippen LogP contribution >= 0.6 is 0 Å². The largest absolute Gasteiger partial charge is 0.406 e. The molecule has 1 aromatic carbocycles. The van der Waals surface area contributed by atoms with E-state index in [1.165, 1.54) is 6.26 Å². The Labute approximate surface area is 123 Å². The lowest BCUT2D eigenvalue weighted by Crippen LogP contribution is -2.12. The molecular formula is C13H18N4O3S. The standard InChI is InChI=1S/C13H18N4O3S/c1-9(14-2)12-16-17-13(20-12)15-8-10-4-6-11(7-5-10)21(3,18)19/h4-7,9,14H,8H2,1-3H3,(H,15,17). The first-order valence-corrected chi connectivity index (χ1v) is 8.33. The molecule has 114 valence electrons. The topological polar surface area (TPSA) is 97.1 Å². The number of hydrogen-bond acceptors (Lipinski definition) is 7. The predicted octanol–water partition coefficient (Wildman–Crippen LogP) is 1.37. The summed E-state index contributed by atoms with van der Waals surface area (Å²) in [6, 6.07) is 6.97. The van der Waals surface area contributed by atoms with Crippen LogP contribution in [0.15, 0.2) is 33.6 Å². The minimum atomic E-state index is -3.16. The molecule has 1 atom stereocenters. The minimum absolute atomic E-state index is 0.0119. The molecule has 0 aliphatic heterocycles. The second-order valence-electron chi connectivity index (χ2n) is 4.73. The normalized spacial score (nSPS) is 13.1. The summed E-state index contributed by atoms with van der Waals surface area (Å²) in [5.74, 6) is 0.507. The molecule has 0 saturated carbocycles. The van der Waals surface area contributed by atoms with Crippen molar-refractivity contribution in [3.63, 3.8) is 0 Å². The summed E-state index contributed by atoms with van der Waals surface area (Å²) >= 11 is 0. The zero-order valence-electron chi connectivity index (χ0n) is 12.1. The maximum Gasteiger partial charge on any atom is 0.315 e. The average Bonchev–Trinajstić information content (AvgIpc) is 2.92. The molecule has 0 radical (unpaired) electrons. The lowest BCUT2D eigenvalue weighted by atomic mass is 10.2. The number of hydrogen-bond donors (Lipinski definition) is 2. The molecule has 21 heavy (non-hydrogen) atoms. The molecule has 0 aliphatic rings. The number of nitrogens with zero attached hydrogens (tertiary/aromatic N) is 2. The van der Waals surface area contributed by atoms with Crippen molar-refractivity contribution >= 4 is 15.9 Å². The third-order valence-electron chi connectivity index (χ3n) is 3.04. The molecule has 0 aliphatic carbocycles. The summed E-state index contributed by atoms with van der Waals surface area (Å²) in [4.78, 5) is 0.300. The SMILES string of the molecule is CNC(C)c1nnc(NCc2ccc(S(C)(=O)=O)cc2)o1. The second-order valence-corrected chi connectivity index (χ2v) is 6.74. The van der Waals surface area contributed by atoms with E-state index in [1.807, 2.05) is 14.0 Å². The highest BCUT2D eigenvalue weighted by molar-refractivity contribution is 7.90. The molecule has 1 aromatic heterocycles. The van der Waals surface area contributed by atoms with Gasteiger partial charge in [0.05, 0.1) is 10.9 Å². The van der Waals surface area contributed by atoms with Crippen molar-refractivity contribution in [1.82, 2.24) is 15.5 Å². The lowest BCUT2D eigenvalue weighted by Gasteiger charge is -2.04. The minimum Gasteiger partial charge on any atom is -0.406 e. The van der Waals surface area contributed by atoms with Crippen LogP contribution in [0.2, 0.25) is 0 Å². The number of rotatable bonds is 6. The van der Waals surface area contributed by atoms with Crippen LogP contribution in [0.4, 0.5) is 6.01 Å². The van der Waals surface area contributed by atoms with Crippen molar-refractivity contribution < 1.29 is 12.8 Å². The number of sulfone groups is 1. The van der Waals surface area contributed by atoms with E-state index in [-0.39, 0.29) is 6.04 Å². The fourth-order valence-corrected chi connectivity index (χ4v) is 2.27. The predicted molar refractivity (Wildman–Crippen MR) is 78.7 cm³/mol. The van der Waals surface area contributed by atoms with Gasteiger partial charge in [-0.15, -0.1) is 5.10 Å². The van der Waals surface area contributed by atoms with E-state index in [0.29, 0.717) is 23.3 Å². The van der Waals surface area contributed by atoms with Crippen molar-refractivity contribution in [3.8, 4) is 0 Å². The smallest absolute Gasteiger partial charge is 0.315 e. The van der Waals surface area contributed by atoms with Gasteiger partial charge in [0.25, 0.3) is 0 Å². The Morgan fingerprint density at radius 1 is 1.24 bits per heavy atom. The van der Waals surface area contributed by atoms with Gasteiger partial charge in [-0.05, 0) is 31.7 Å². The molecule has 2 rings (SSSR count). The Hall–Kier alpha value is -1.93. The van der Waals surface area contributed by atoms with Gasteiger partial charge < -0.3 is 15.1 Å². The molecule has 1 heterocycles. The van der Waals surface area contributed by atoms with Crippen LogP contribution in [0.1, 0.15) is 24.4 Å². The number of benzene rings is 1. The maximum atomic E-state index is 11.4. The zero-order valence-corrected chi connectivity index (χ0v) is 12.9. The summed E-state index contributed by atoms with van der Waals surface area (Å²) in [5.41, 5.74) is 0.920. The third-order valence-corrected chi connectivity index (χ3v) is 4.17. The fraction of sp³-hybridized carbons (Fsp3) is 0.385. The van der Waals surface area contributed by atoms with Gasteiger partial charge in [0.2, 0.25) is 5.89 Å². The van der Waals surface area contributed by atoms with Gasteiger partial charge in [0, 0.05) is 12.8 Å². The highest BCUT2D eigenvalue weighted by Crippen LogP contribution is 2.15. The van der Waals surface area contributed by atoms with E-state index in [4.69, 9.17) is 4.42 Å². The molecule has 2 aromatic rings. The summed E-state index contributed by atoms with van der Waals surface area (Å²) in [5, 5.41) is 13.8. The van der Waals surface area contributed by atoms with Crippen LogP contribution in [-0.4, -0.2) is 31.9 Å². The molecule has 7 nitrogen and oxygen atoms in total. The first-order chi connectivity index (χ1) is 9.90. The van der Waals surface area contributed by atoms with Gasteiger partial charge in [0.1, 0.15) is 0 Å². The fourth-order valence-electron chi connectivity index (χ4n) is 1.64. The van der Waals surface area contributed by atoms with Crippen molar-refractivity contribution in [3.05, 3.63) is 35.7 Å². The molecule has 0 saturated heterocycles.